The van der Waals surface area contributed by atoms with Gasteiger partial charge in [-0.05, 0) is 31.7 Å². The number of hydrogen-bond acceptors (Lipinski definition) is 2. The van der Waals surface area contributed by atoms with Gasteiger partial charge in [0.2, 0.25) is 5.91 Å². The molecule has 3 nitrogen and oxygen atoms in total. The summed E-state index contributed by atoms with van der Waals surface area (Å²) in [6.45, 7) is 8.61. The van der Waals surface area contributed by atoms with Crippen molar-refractivity contribution < 1.29 is 4.79 Å². The first-order valence-electron chi connectivity index (χ1n) is 7.14. The first-order chi connectivity index (χ1) is 9.00. The maximum atomic E-state index is 12.6. The molecule has 2 rings (SSSR count). The van der Waals surface area contributed by atoms with Crippen LogP contribution in [0.25, 0.3) is 0 Å². The fourth-order valence-electron chi connectivity index (χ4n) is 3.01. The minimum absolute atomic E-state index is 0.103. The molecule has 1 aromatic rings. The molecule has 3 atom stereocenters. The summed E-state index contributed by atoms with van der Waals surface area (Å²) >= 11 is 0. The summed E-state index contributed by atoms with van der Waals surface area (Å²) in [7, 11) is 0. The Morgan fingerprint density at radius 3 is 2.42 bits per heavy atom. The molecule has 19 heavy (non-hydrogen) atoms. The van der Waals surface area contributed by atoms with Crippen LogP contribution in [0.2, 0.25) is 0 Å². The molecule has 1 amide bonds. The van der Waals surface area contributed by atoms with Crippen LogP contribution in [0, 0.1) is 5.92 Å². The van der Waals surface area contributed by atoms with Gasteiger partial charge in [-0.3, -0.25) is 10.1 Å². The van der Waals surface area contributed by atoms with Crippen LogP contribution in [0.4, 0.5) is 0 Å². The van der Waals surface area contributed by atoms with Gasteiger partial charge in [0, 0.05) is 6.04 Å². The van der Waals surface area contributed by atoms with Gasteiger partial charge in [0.15, 0.2) is 0 Å². The standard InChI is InChI=1S/C16H24N2O/c1-11(2)10-12(3)18-13(4)17-15(16(18)19)14-8-6-5-7-9-14/h5-9,11-13,15,17H,10H2,1-4H3. The van der Waals surface area contributed by atoms with Crippen LogP contribution >= 0.6 is 0 Å². The zero-order valence-corrected chi connectivity index (χ0v) is 12.3. The number of rotatable bonds is 4. The molecule has 1 saturated heterocycles. The molecule has 1 heterocycles. The average Bonchev–Trinajstić information content (AvgIpc) is 2.65. The van der Waals surface area contributed by atoms with Gasteiger partial charge in [-0.25, -0.2) is 0 Å². The minimum atomic E-state index is -0.189. The molecule has 1 aliphatic rings. The summed E-state index contributed by atoms with van der Waals surface area (Å²) in [5.41, 5.74) is 1.05. The molecule has 104 valence electrons. The fourth-order valence-corrected chi connectivity index (χ4v) is 3.01. The topological polar surface area (TPSA) is 32.3 Å². The van der Waals surface area contributed by atoms with Gasteiger partial charge in [-0.1, -0.05) is 44.2 Å². The molecule has 3 unspecified atom stereocenters. The van der Waals surface area contributed by atoms with Crippen molar-refractivity contribution in [1.29, 1.82) is 0 Å². The van der Waals surface area contributed by atoms with E-state index in [0.717, 1.165) is 12.0 Å². The third-order valence-electron chi connectivity index (χ3n) is 3.75. The summed E-state index contributed by atoms with van der Waals surface area (Å²) in [6, 6.07) is 10.1. The molecule has 0 saturated carbocycles. The Balaban J connectivity index is 2.15. The molecule has 0 aromatic heterocycles. The third kappa shape index (κ3) is 2.98. The Morgan fingerprint density at radius 2 is 1.84 bits per heavy atom. The predicted octanol–water partition coefficient (Wildman–Crippen LogP) is 2.94. The Morgan fingerprint density at radius 1 is 1.21 bits per heavy atom. The Kier molecular flexibility index (Phi) is 4.25. The summed E-state index contributed by atoms with van der Waals surface area (Å²) in [4.78, 5) is 14.6. The zero-order chi connectivity index (χ0) is 14.0. The highest BCUT2D eigenvalue weighted by Gasteiger charge is 2.39. The number of amides is 1. The molecule has 1 aliphatic heterocycles. The highest BCUT2D eigenvalue weighted by molar-refractivity contribution is 5.85. The molecule has 3 heteroatoms. The number of carbonyl (C=O) groups excluding carboxylic acids is 1. The Labute approximate surface area is 116 Å². The van der Waals surface area contributed by atoms with E-state index < -0.39 is 0 Å². The van der Waals surface area contributed by atoms with Crippen molar-refractivity contribution in [2.45, 2.75) is 52.4 Å². The van der Waals surface area contributed by atoms with Crippen LogP contribution in [0.3, 0.4) is 0 Å². The van der Waals surface area contributed by atoms with Gasteiger partial charge in [0.05, 0.1) is 6.17 Å². The number of benzene rings is 1. The van der Waals surface area contributed by atoms with E-state index in [-0.39, 0.29) is 24.2 Å². The van der Waals surface area contributed by atoms with Gasteiger partial charge in [-0.15, -0.1) is 0 Å². The lowest BCUT2D eigenvalue weighted by Crippen LogP contribution is -2.42. The van der Waals surface area contributed by atoms with Gasteiger partial charge in [0.25, 0.3) is 0 Å². The van der Waals surface area contributed by atoms with Crippen molar-refractivity contribution in [3.05, 3.63) is 35.9 Å². The molecule has 1 fully saturated rings. The van der Waals surface area contributed by atoms with Gasteiger partial charge >= 0.3 is 0 Å². The molecule has 0 aliphatic carbocycles. The van der Waals surface area contributed by atoms with E-state index >= 15 is 0 Å². The normalized spacial score (nSPS) is 25.1. The van der Waals surface area contributed by atoms with Crippen LogP contribution < -0.4 is 5.32 Å². The monoisotopic (exact) mass is 260 g/mol. The average molecular weight is 260 g/mol. The van der Waals surface area contributed by atoms with Gasteiger partial charge < -0.3 is 4.90 Å². The van der Waals surface area contributed by atoms with Crippen molar-refractivity contribution in [2.24, 2.45) is 5.92 Å². The van der Waals surface area contributed by atoms with Crippen molar-refractivity contribution >= 4 is 5.91 Å². The first kappa shape index (κ1) is 14.1. The van der Waals surface area contributed by atoms with E-state index in [2.05, 4.69) is 33.0 Å². The zero-order valence-electron chi connectivity index (χ0n) is 12.3. The smallest absolute Gasteiger partial charge is 0.245 e. The van der Waals surface area contributed by atoms with Crippen LogP contribution in [-0.2, 0) is 4.79 Å². The highest BCUT2D eigenvalue weighted by Crippen LogP contribution is 2.27. The summed E-state index contributed by atoms with van der Waals surface area (Å²) in [5.74, 6) is 0.803. The Hall–Kier alpha value is -1.35. The highest BCUT2D eigenvalue weighted by atomic mass is 16.2. The number of hydrogen-bond donors (Lipinski definition) is 1. The van der Waals surface area contributed by atoms with Crippen molar-refractivity contribution in [2.75, 3.05) is 0 Å². The molecule has 0 radical (unpaired) electrons. The van der Waals surface area contributed by atoms with E-state index in [0.29, 0.717) is 5.92 Å². The number of nitrogens with one attached hydrogen (secondary N) is 1. The number of nitrogens with zero attached hydrogens (tertiary/aromatic N) is 1. The van der Waals surface area contributed by atoms with E-state index in [1.807, 2.05) is 35.2 Å². The van der Waals surface area contributed by atoms with Crippen LogP contribution in [0.1, 0.15) is 45.7 Å². The van der Waals surface area contributed by atoms with Crippen LogP contribution in [0.15, 0.2) is 30.3 Å². The summed E-state index contributed by atoms with van der Waals surface area (Å²) < 4.78 is 0. The molecule has 0 bridgehead atoms. The lowest BCUT2D eigenvalue weighted by molar-refractivity contribution is -0.132. The van der Waals surface area contributed by atoms with Crippen molar-refractivity contribution in [3.63, 3.8) is 0 Å². The SMILES string of the molecule is CC(C)CC(C)N1C(=O)C(c2ccccc2)NC1C. The predicted molar refractivity (Wildman–Crippen MR) is 77.5 cm³/mol. The maximum absolute atomic E-state index is 12.6. The van der Waals surface area contributed by atoms with E-state index in [1.54, 1.807) is 0 Å². The van der Waals surface area contributed by atoms with Crippen LogP contribution in [-0.4, -0.2) is 23.0 Å². The molecular weight excluding hydrogens is 236 g/mol. The van der Waals surface area contributed by atoms with E-state index in [4.69, 9.17) is 0 Å². The lowest BCUT2D eigenvalue weighted by Gasteiger charge is -2.29. The fraction of sp³-hybridized carbons (Fsp3) is 0.562. The lowest BCUT2D eigenvalue weighted by atomic mass is 10.0. The number of carbonyl (C=O) groups is 1. The van der Waals surface area contributed by atoms with E-state index in [9.17, 15) is 4.79 Å². The van der Waals surface area contributed by atoms with Crippen molar-refractivity contribution in [1.82, 2.24) is 10.2 Å². The second-order valence-electron chi connectivity index (χ2n) is 5.91. The van der Waals surface area contributed by atoms with Gasteiger partial charge in [-0.2, -0.15) is 0 Å². The minimum Gasteiger partial charge on any atom is -0.323 e. The largest absolute Gasteiger partial charge is 0.323 e. The van der Waals surface area contributed by atoms with Crippen LogP contribution in [0.5, 0.6) is 0 Å². The van der Waals surface area contributed by atoms with Gasteiger partial charge in [0.1, 0.15) is 6.04 Å². The molecule has 0 spiro atoms. The third-order valence-corrected chi connectivity index (χ3v) is 3.75. The Bertz CT molecular complexity index is 430. The molecular formula is C16H24N2O. The first-order valence-corrected chi connectivity index (χ1v) is 7.14. The van der Waals surface area contributed by atoms with E-state index in [1.165, 1.54) is 0 Å². The molecule has 1 N–H and O–H groups in total. The summed E-state index contributed by atoms with van der Waals surface area (Å²) in [6.07, 6.45) is 1.14. The molecule has 1 aromatic carbocycles. The second kappa shape index (κ2) is 5.74. The summed E-state index contributed by atoms with van der Waals surface area (Å²) in [5, 5.41) is 3.40. The van der Waals surface area contributed by atoms with Crippen molar-refractivity contribution in [3.8, 4) is 0 Å². The second-order valence-corrected chi connectivity index (χ2v) is 5.91. The quantitative estimate of drug-likeness (QED) is 0.902. The maximum Gasteiger partial charge on any atom is 0.245 e.